The lowest BCUT2D eigenvalue weighted by Gasteiger charge is -2.29. The molecule has 0 aliphatic rings. The highest BCUT2D eigenvalue weighted by atomic mass is 35.5. The molecule has 0 bridgehead atoms. The number of hydrogen-bond donors (Lipinski definition) is 1. The number of aromatic nitrogens is 2. The van der Waals surface area contributed by atoms with E-state index in [1.807, 2.05) is 0 Å². The summed E-state index contributed by atoms with van der Waals surface area (Å²) in [5, 5.41) is 3.88. The van der Waals surface area contributed by atoms with Crippen LogP contribution in [0.1, 0.15) is 46.9 Å². The van der Waals surface area contributed by atoms with E-state index in [1.165, 1.54) is 0 Å². The predicted molar refractivity (Wildman–Crippen MR) is 78.1 cm³/mol. The van der Waals surface area contributed by atoms with Gasteiger partial charge >= 0.3 is 0 Å². The van der Waals surface area contributed by atoms with Crippen molar-refractivity contribution in [3.8, 4) is 0 Å². The number of nitrogens with zero attached hydrogens (tertiary/aromatic N) is 2. The van der Waals surface area contributed by atoms with Gasteiger partial charge in [-0.15, -0.1) is 0 Å². The SMILES string of the molecule is CCCc1nc(Cl)cc(NCC(C)(C)C(C)C)n1. The van der Waals surface area contributed by atoms with Gasteiger partial charge < -0.3 is 5.32 Å². The van der Waals surface area contributed by atoms with Crippen molar-refractivity contribution in [2.75, 3.05) is 11.9 Å². The van der Waals surface area contributed by atoms with Crippen LogP contribution in [0.5, 0.6) is 0 Å². The third kappa shape index (κ3) is 4.45. The van der Waals surface area contributed by atoms with Gasteiger partial charge in [-0.25, -0.2) is 9.97 Å². The molecule has 0 radical (unpaired) electrons. The van der Waals surface area contributed by atoms with Crippen molar-refractivity contribution in [3.63, 3.8) is 0 Å². The molecule has 0 spiro atoms. The highest BCUT2D eigenvalue weighted by Gasteiger charge is 2.22. The Bertz CT molecular complexity index is 389. The summed E-state index contributed by atoms with van der Waals surface area (Å²) in [6.07, 6.45) is 1.89. The fourth-order valence-electron chi connectivity index (χ4n) is 1.41. The Morgan fingerprint density at radius 2 is 2.00 bits per heavy atom. The van der Waals surface area contributed by atoms with E-state index in [9.17, 15) is 0 Å². The zero-order valence-electron chi connectivity index (χ0n) is 12.0. The van der Waals surface area contributed by atoms with Crippen LogP contribution in [-0.2, 0) is 6.42 Å². The van der Waals surface area contributed by atoms with E-state index in [2.05, 4.69) is 49.9 Å². The van der Waals surface area contributed by atoms with Gasteiger partial charge in [-0.3, -0.25) is 0 Å². The number of halogens is 1. The van der Waals surface area contributed by atoms with Gasteiger partial charge in [-0.2, -0.15) is 0 Å². The Labute approximate surface area is 115 Å². The smallest absolute Gasteiger partial charge is 0.134 e. The summed E-state index contributed by atoms with van der Waals surface area (Å²) >= 11 is 6.01. The molecule has 0 aliphatic carbocycles. The summed E-state index contributed by atoms with van der Waals surface area (Å²) in [5.74, 6) is 2.25. The molecule has 0 saturated heterocycles. The number of nitrogens with one attached hydrogen (secondary N) is 1. The van der Waals surface area contributed by atoms with Crippen molar-refractivity contribution < 1.29 is 0 Å². The zero-order chi connectivity index (χ0) is 13.8. The third-order valence-corrected chi connectivity index (χ3v) is 3.70. The monoisotopic (exact) mass is 269 g/mol. The quantitative estimate of drug-likeness (QED) is 0.788. The van der Waals surface area contributed by atoms with Gasteiger partial charge in [0.25, 0.3) is 0 Å². The molecule has 1 aromatic heterocycles. The topological polar surface area (TPSA) is 37.8 Å². The first-order chi connectivity index (χ1) is 8.35. The maximum Gasteiger partial charge on any atom is 0.134 e. The first-order valence-electron chi connectivity index (χ1n) is 6.62. The van der Waals surface area contributed by atoms with Crippen LogP contribution in [0.2, 0.25) is 5.15 Å². The average Bonchev–Trinajstić information content (AvgIpc) is 2.26. The molecule has 0 unspecified atom stereocenters. The van der Waals surface area contributed by atoms with Crippen LogP contribution >= 0.6 is 11.6 Å². The highest BCUT2D eigenvalue weighted by molar-refractivity contribution is 6.29. The van der Waals surface area contributed by atoms with Gasteiger partial charge in [0, 0.05) is 19.0 Å². The fourth-order valence-corrected chi connectivity index (χ4v) is 1.61. The number of aryl methyl sites for hydroxylation is 1. The van der Waals surface area contributed by atoms with Gasteiger partial charge in [0.2, 0.25) is 0 Å². The summed E-state index contributed by atoms with van der Waals surface area (Å²) in [4.78, 5) is 8.70. The summed E-state index contributed by atoms with van der Waals surface area (Å²) in [6.45, 7) is 12.0. The van der Waals surface area contributed by atoms with Crippen LogP contribution in [0.15, 0.2) is 6.07 Å². The van der Waals surface area contributed by atoms with Crippen LogP contribution in [0, 0.1) is 11.3 Å². The summed E-state index contributed by atoms with van der Waals surface area (Å²) in [7, 11) is 0. The van der Waals surface area contributed by atoms with Crippen LogP contribution in [-0.4, -0.2) is 16.5 Å². The van der Waals surface area contributed by atoms with Crippen molar-refractivity contribution in [3.05, 3.63) is 17.0 Å². The van der Waals surface area contributed by atoms with E-state index >= 15 is 0 Å². The minimum absolute atomic E-state index is 0.225. The zero-order valence-corrected chi connectivity index (χ0v) is 12.8. The molecule has 4 heteroatoms. The second kappa shape index (κ2) is 6.37. The van der Waals surface area contributed by atoms with Crippen LogP contribution in [0.25, 0.3) is 0 Å². The molecule has 1 heterocycles. The standard InChI is InChI=1S/C14H24ClN3/c1-6-7-12-17-11(15)8-13(18-12)16-9-14(4,5)10(2)3/h8,10H,6-7,9H2,1-5H3,(H,16,17,18). The Morgan fingerprint density at radius 1 is 1.33 bits per heavy atom. The minimum Gasteiger partial charge on any atom is -0.369 e. The molecule has 0 fully saturated rings. The van der Waals surface area contributed by atoms with E-state index in [0.717, 1.165) is 31.0 Å². The van der Waals surface area contributed by atoms with Gasteiger partial charge in [0.1, 0.15) is 16.8 Å². The molecule has 0 amide bonds. The maximum absolute atomic E-state index is 6.01. The molecule has 0 aliphatic heterocycles. The largest absolute Gasteiger partial charge is 0.369 e. The highest BCUT2D eigenvalue weighted by Crippen LogP contribution is 2.26. The number of hydrogen-bond acceptors (Lipinski definition) is 3. The Morgan fingerprint density at radius 3 is 2.56 bits per heavy atom. The van der Waals surface area contributed by atoms with Crippen molar-refractivity contribution in [1.29, 1.82) is 0 Å². The summed E-state index contributed by atoms with van der Waals surface area (Å²) in [5.41, 5.74) is 0.225. The van der Waals surface area contributed by atoms with Crippen molar-refractivity contribution >= 4 is 17.4 Å². The normalized spacial score (nSPS) is 11.9. The van der Waals surface area contributed by atoms with Crippen LogP contribution in [0.4, 0.5) is 5.82 Å². The second-order valence-corrected chi connectivity index (χ2v) is 6.13. The lowest BCUT2D eigenvalue weighted by molar-refractivity contribution is 0.269. The molecule has 0 atom stereocenters. The lowest BCUT2D eigenvalue weighted by Crippen LogP contribution is -2.28. The summed E-state index contributed by atoms with van der Waals surface area (Å²) < 4.78 is 0. The molecule has 1 N–H and O–H groups in total. The first-order valence-corrected chi connectivity index (χ1v) is 7.00. The van der Waals surface area contributed by atoms with Gasteiger partial charge in [-0.1, -0.05) is 46.2 Å². The van der Waals surface area contributed by atoms with E-state index < -0.39 is 0 Å². The molecule has 3 nitrogen and oxygen atoms in total. The number of anilines is 1. The molecule has 1 aromatic rings. The Hall–Kier alpha value is -0.830. The van der Waals surface area contributed by atoms with E-state index in [1.54, 1.807) is 6.07 Å². The summed E-state index contributed by atoms with van der Waals surface area (Å²) in [6, 6.07) is 1.79. The first kappa shape index (κ1) is 15.2. The second-order valence-electron chi connectivity index (χ2n) is 5.74. The Kier molecular flexibility index (Phi) is 5.39. The minimum atomic E-state index is 0.225. The van der Waals surface area contributed by atoms with Crippen molar-refractivity contribution in [2.24, 2.45) is 11.3 Å². The van der Waals surface area contributed by atoms with Gasteiger partial charge in [0.05, 0.1) is 0 Å². The number of rotatable bonds is 6. The molecule has 18 heavy (non-hydrogen) atoms. The fraction of sp³-hybridized carbons (Fsp3) is 0.714. The third-order valence-electron chi connectivity index (χ3n) is 3.50. The van der Waals surface area contributed by atoms with E-state index in [-0.39, 0.29) is 5.41 Å². The van der Waals surface area contributed by atoms with E-state index in [0.29, 0.717) is 11.1 Å². The molecule has 0 aromatic carbocycles. The van der Waals surface area contributed by atoms with Crippen molar-refractivity contribution in [2.45, 2.75) is 47.5 Å². The average molecular weight is 270 g/mol. The van der Waals surface area contributed by atoms with E-state index in [4.69, 9.17) is 11.6 Å². The van der Waals surface area contributed by atoms with Crippen LogP contribution < -0.4 is 5.32 Å². The Balaban J connectivity index is 2.73. The van der Waals surface area contributed by atoms with Crippen molar-refractivity contribution in [1.82, 2.24) is 9.97 Å². The molecular weight excluding hydrogens is 246 g/mol. The molecule has 0 saturated carbocycles. The maximum atomic E-state index is 6.01. The molecule has 102 valence electrons. The van der Waals surface area contributed by atoms with Gasteiger partial charge in [0.15, 0.2) is 0 Å². The predicted octanol–water partition coefficient (Wildman–Crippen LogP) is 4.18. The van der Waals surface area contributed by atoms with Crippen LogP contribution in [0.3, 0.4) is 0 Å². The lowest BCUT2D eigenvalue weighted by atomic mass is 9.81. The molecular formula is C14H24ClN3. The van der Waals surface area contributed by atoms with Gasteiger partial charge in [-0.05, 0) is 17.8 Å². The molecule has 1 rings (SSSR count).